The molecule has 16 rings (SSSR count). The van der Waals surface area contributed by atoms with Gasteiger partial charge in [0.05, 0.1) is 24.4 Å². The monoisotopic (exact) mass is 1910 g/mol. The standard InChI is InChI=1S/4C27H36F2O5/c4*1-5-6-7-23(33)34-14-21(31)24-15(2)10-17-18-12-20(28)19-11-16(30)8-9-26(19,4)27(18,29)22(32)13-25(17,24)3/h4*8-9,11,15,17-18,20,22,24,32H,5-7,10,12-14H2,1-4H3/t4*15-,17+,18+,20+,22+,24-,25+,26+,27+/m1111/s1. The Hall–Kier alpha value is -7.56. The van der Waals surface area contributed by atoms with Crippen LogP contribution in [0.15, 0.2) is 95.2 Å². The van der Waals surface area contributed by atoms with Crippen molar-refractivity contribution in [3.8, 4) is 0 Å². The predicted octanol–water partition coefficient (Wildman–Crippen LogP) is 17.9. The summed E-state index contributed by atoms with van der Waals surface area (Å²) in [5.74, 6) is -11.0. The quantitative estimate of drug-likeness (QED) is 0.0396. The normalized spacial score (nSPS) is 45.1. The van der Waals surface area contributed by atoms with E-state index >= 15 is 35.1 Å². The van der Waals surface area contributed by atoms with Gasteiger partial charge < -0.3 is 39.4 Å². The molecule has 0 aromatic heterocycles. The number of fused-ring (bicyclic) bond motifs is 20. The highest BCUT2D eigenvalue weighted by Gasteiger charge is 2.79. The highest BCUT2D eigenvalue weighted by molar-refractivity contribution is 6.03. The van der Waals surface area contributed by atoms with Crippen molar-refractivity contribution >= 4 is 70.1 Å². The Morgan fingerprint density at radius 3 is 0.654 bits per heavy atom. The van der Waals surface area contributed by atoms with Crippen molar-refractivity contribution in [1.82, 2.24) is 0 Å². The summed E-state index contributed by atoms with van der Waals surface area (Å²) in [6.07, 6.45) is 12.8. The molecule has 0 saturated heterocycles. The largest absolute Gasteiger partial charge is 0.458 e. The molecule has 0 radical (unpaired) electrons. The fourth-order valence-corrected chi connectivity index (χ4v) is 31.6. The van der Waals surface area contributed by atoms with Crippen LogP contribution in [-0.2, 0) is 76.5 Å². The Balaban J connectivity index is 0.000000153. The van der Waals surface area contributed by atoms with Gasteiger partial charge in [-0.2, -0.15) is 0 Å². The summed E-state index contributed by atoms with van der Waals surface area (Å²) in [6, 6.07) is 0. The SMILES string of the molecule is CCCCC(=O)OCC(=O)[C@H]1[C@H](C)C[C@H]2[C@@H]3C[C@H](F)C4=CC(=O)C=C[C@]4(C)[C@@]3(F)[C@@H](O)C[C@@]21C.CCCCC(=O)OCC(=O)[C@H]1[C@H](C)C[C@H]2[C@@H]3C[C@H](F)C4=CC(=O)C=C[C@]4(C)[C@@]3(F)[C@@H](O)C[C@@]21C.CCCCC(=O)OCC(=O)[C@H]1[C@H](C)C[C@H]2[C@@H]3C[C@H](F)C4=CC(=O)C=C[C@]4(C)[C@@]3(F)[C@@H](O)C[C@@]21C.CCCCC(=O)OCC(=O)[C@H]1[C@H](C)C[C@H]2[C@@H]3C[C@H](F)C4=CC(=O)C=C[C@]4(C)[C@@]3(F)[C@@H](O)C[C@@]21C. The molecular formula is C108H144F8O20. The van der Waals surface area contributed by atoms with Crippen LogP contribution in [0.1, 0.15) is 265 Å². The lowest BCUT2D eigenvalue weighted by molar-refractivity contribution is -0.202. The number of unbranched alkanes of at least 4 members (excludes halogenated alkanes) is 4. The van der Waals surface area contributed by atoms with Gasteiger partial charge in [0.25, 0.3) is 0 Å². The minimum atomic E-state index is -2.15. The van der Waals surface area contributed by atoms with E-state index in [2.05, 4.69) is 0 Å². The van der Waals surface area contributed by atoms with Gasteiger partial charge >= 0.3 is 23.9 Å². The van der Waals surface area contributed by atoms with Crippen LogP contribution < -0.4 is 0 Å². The third-order valence-corrected chi connectivity index (χ3v) is 37.7. The van der Waals surface area contributed by atoms with Crippen molar-refractivity contribution < 1.29 is 132 Å². The Morgan fingerprint density at radius 2 is 0.485 bits per heavy atom. The number of halogens is 8. The molecule has 0 spiro atoms. The molecule has 20 nitrogen and oxygen atoms in total. The summed E-state index contributed by atoms with van der Waals surface area (Å²) in [5, 5.41) is 45.2. The minimum absolute atomic E-state index is 0.0524. The van der Waals surface area contributed by atoms with Gasteiger partial charge in [-0.05, 0) is 270 Å². The van der Waals surface area contributed by atoms with Crippen molar-refractivity contribution in [3.63, 3.8) is 0 Å². The maximum absolute atomic E-state index is 17.1. The number of alkyl halides is 8. The topological polar surface area (TPSA) is 323 Å². The zero-order valence-electron chi connectivity index (χ0n) is 81.9. The number of allylic oxidation sites excluding steroid dienone is 16. The molecule has 36 atom stereocenters. The van der Waals surface area contributed by atoms with E-state index in [9.17, 15) is 78.0 Å². The van der Waals surface area contributed by atoms with Crippen LogP contribution in [0.2, 0.25) is 0 Å². The summed E-state index contributed by atoms with van der Waals surface area (Å²) < 4.78 is 151. The smallest absolute Gasteiger partial charge is 0.306 e. The van der Waals surface area contributed by atoms with Crippen LogP contribution in [-0.4, -0.2) is 189 Å². The van der Waals surface area contributed by atoms with Gasteiger partial charge in [-0.1, -0.05) is 133 Å². The van der Waals surface area contributed by atoms with Crippen molar-refractivity contribution in [2.24, 2.45) is 138 Å². The number of Topliss-reactive ketones (excluding diaryl/α,β-unsaturated/α-hetero) is 4. The Kier molecular flexibility index (Phi) is 30.4. The first-order chi connectivity index (χ1) is 63.6. The molecule has 0 unspecified atom stereocenters. The zero-order chi connectivity index (χ0) is 100. The maximum atomic E-state index is 17.1. The van der Waals surface area contributed by atoms with E-state index in [1.807, 2.05) is 83.1 Å². The predicted molar refractivity (Wildman–Crippen MR) is 489 cm³/mol. The number of carbonyl (C=O) groups excluding carboxylic acids is 12. The van der Waals surface area contributed by atoms with Crippen molar-refractivity contribution in [3.05, 3.63) is 95.2 Å². The molecule has 12 fully saturated rings. The van der Waals surface area contributed by atoms with E-state index in [1.165, 1.54) is 72.9 Å². The molecule has 16 aliphatic carbocycles. The molecule has 12 saturated carbocycles. The van der Waals surface area contributed by atoms with Crippen molar-refractivity contribution in [1.29, 1.82) is 0 Å². The van der Waals surface area contributed by atoms with Gasteiger partial charge in [-0.3, -0.25) is 57.5 Å². The van der Waals surface area contributed by atoms with Crippen molar-refractivity contribution in [2.45, 2.75) is 337 Å². The van der Waals surface area contributed by atoms with E-state index in [-0.39, 0.29) is 219 Å². The van der Waals surface area contributed by atoms with Crippen LogP contribution in [0.4, 0.5) is 35.1 Å². The fraction of sp³-hybridized carbons (Fsp3) is 0.741. The van der Waals surface area contributed by atoms with Crippen LogP contribution in [0, 0.1) is 138 Å². The summed E-state index contributed by atoms with van der Waals surface area (Å²) in [7, 11) is 0. The number of ether oxygens (including phenoxy) is 4. The first-order valence-electron chi connectivity index (χ1n) is 50.2. The minimum Gasteiger partial charge on any atom is -0.458 e. The number of hydrogen-bond donors (Lipinski definition) is 4. The molecule has 0 aromatic rings. The first-order valence-corrected chi connectivity index (χ1v) is 50.2. The van der Waals surface area contributed by atoms with Crippen LogP contribution >= 0.6 is 0 Å². The summed E-state index contributed by atoms with van der Waals surface area (Å²) in [5.41, 5.74) is -16.9. The number of hydrogen-bond acceptors (Lipinski definition) is 20. The van der Waals surface area contributed by atoms with E-state index in [4.69, 9.17) is 18.9 Å². The summed E-state index contributed by atoms with van der Waals surface area (Å²) in [6.45, 7) is 28.1. The van der Waals surface area contributed by atoms with Crippen LogP contribution in [0.3, 0.4) is 0 Å². The molecule has 28 heteroatoms. The summed E-state index contributed by atoms with van der Waals surface area (Å²) in [4.78, 5) is 148. The maximum Gasteiger partial charge on any atom is 0.306 e. The number of rotatable bonds is 24. The molecule has 752 valence electrons. The number of carbonyl (C=O) groups is 12. The third kappa shape index (κ3) is 17.2. The zero-order valence-corrected chi connectivity index (χ0v) is 81.9. The van der Waals surface area contributed by atoms with E-state index in [1.54, 1.807) is 27.7 Å². The van der Waals surface area contributed by atoms with Gasteiger partial charge in [0, 0.05) is 94.7 Å². The summed E-state index contributed by atoms with van der Waals surface area (Å²) >= 11 is 0. The molecule has 0 aliphatic heterocycles. The second kappa shape index (κ2) is 39.0. The highest BCUT2D eigenvalue weighted by atomic mass is 19.2. The van der Waals surface area contributed by atoms with E-state index < -0.39 is 186 Å². The van der Waals surface area contributed by atoms with Crippen LogP contribution in [0.5, 0.6) is 0 Å². The van der Waals surface area contributed by atoms with Gasteiger partial charge in [0.15, 0.2) is 68.9 Å². The first kappa shape index (κ1) is 106. The lowest BCUT2D eigenvalue weighted by atomic mass is 9.45. The van der Waals surface area contributed by atoms with E-state index in [0.717, 1.165) is 25.7 Å². The average Bonchev–Trinajstić information content (AvgIpc) is 1.28. The number of aliphatic hydroxyl groups is 4. The second-order valence-electron chi connectivity index (χ2n) is 45.5. The molecule has 0 amide bonds. The van der Waals surface area contributed by atoms with Gasteiger partial charge in [-0.25, -0.2) is 35.1 Å². The second-order valence-corrected chi connectivity index (χ2v) is 45.5. The Morgan fingerprint density at radius 1 is 0.309 bits per heavy atom. The molecule has 4 N–H and O–H groups in total. The van der Waals surface area contributed by atoms with Crippen molar-refractivity contribution in [2.75, 3.05) is 26.4 Å². The molecular weight excluding hydrogens is 1770 g/mol. The molecule has 16 aliphatic rings. The van der Waals surface area contributed by atoms with Gasteiger partial charge in [0.2, 0.25) is 0 Å². The van der Waals surface area contributed by atoms with Crippen LogP contribution in [0.25, 0.3) is 0 Å². The highest BCUT2D eigenvalue weighted by Crippen LogP contribution is 2.76. The average molecular weight is 1910 g/mol. The Bertz CT molecular complexity index is 4370. The fourth-order valence-electron chi connectivity index (χ4n) is 31.6. The molecule has 136 heavy (non-hydrogen) atoms. The van der Waals surface area contributed by atoms with Gasteiger partial charge in [0.1, 0.15) is 51.1 Å². The number of esters is 4. The number of ketones is 8. The molecule has 0 heterocycles. The lowest BCUT2D eigenvalue weighted by Crippen LogP contribution is -2.68. The molecule has 0 aromatic carbocycles. The van der Waals surface area contributed by atoms with E-state index in [0.29, 0.717) is 51.4 Å². The lowest BCUT2D eigenvalue weighted by Gasteiger charge is -2.62. The Labute approximate surface area is 794 Å². The van der Waals surface area contributed by atoms with Gasteiger partial charge in [-0.15, -0.1) is 0 Å². The molecule has 0 bridgehead atoms. The third-order valence-electron chi connectivity index (χ3n) is 37.7. The number of aliphatic hydroxyl groups excluding tert-OH is 4.